The van der Waals surface area contributed by atoms with E-state index in [1.165, 1.54) is 77.3 Å². The quantitative estimate of drug-likeness (QED) is 0.180. The van der Waals surface area contributed by atoms with Crippen molar-refractivity contribution in [2.24, 2.45) is 0 Å². The van der Waals surface area contributed by atoms with Gasteiger partial charge in [0.2, 0.25) is 0 Å². The summed E-state index contributed by atoms with van der Waals surface area (Å²) in [6, 6.07) is 61.0. The highest BCUT2D eigenvalue weighted by Crippen LogP contribution is 2.39. The lowest BCUT2D eigenvalue weighted by atomic mass is 9.98. The molecule has 0 spiro atoms. The lowest BCUT2D eigenvalue weighted by Crippen LogP contribution is -2.03. The van der Waals surface area contributed by atoms with E-state index in [1.807, 2.05) is 18.2 Å². The van der Waals surface area contributed by atoms with E-state index in [2.05, 4.69) is 173 Å². The molecule has 3 heteroatoms. The van der Waals surface area contributed by atoms with Gasteiger partial charge in [0.15, 0.2) is 0 Å². The molecular weight excluding hydrogens is 631 g/mol. The van der Waals surface area contributed by atoms with E-state index in [0.717, 1.165) is 24.2 Å². The zero-order valence-electron chi connectivity index (χ0n) is 28.5. The fourth-order valence-electron chi connectivity index (χ4n) is 8.13. The first-order chi connectivity index (χ1) is 25.7. The van der Waals surface area contributed by atoms with Crippen LogP contribution in [0, 0.1) is 11.3 Å². The van der Waals surface area contributed by atoms with Crippen LogP contribution in [0.3, 0.4) is 0 Å². The predicted molar refractivity (Wildman–Crippen MR) is 216 cm³/mol. The molecule has 0 atom stereocenters. The molecule has 3 nitrogen and oxygen atoms in total. The average Bonchev–Trinajstić information content (AvgIpc) is 3.73. The van der Waals surface area contributed by atoms with Crippen molar-refractivity contribution in [2.75, 3.05) is 0 Å². The lowest BCUT2D eigenvalue weighted by Gasteiger charge is -2.13. The molecule has 0 N–H and O–H groups in total. The fraction of sp³-hybridized carbons (Fsp3) is 0.0408. The molecule has 0 unspecified atom stereocenters. The zero-order chi connectivity index (χ0) is 34.6. The number of benzene rings is 7. The normalized spacial score (nSPS) is 12.4. The predicted octanol–water partition coefficient (Wildman–Crippen LogP) is 12.6. The van der Waals surface area contributed by atoms with E-state index in [-0.39, 0.29) is 0 Å². The molecule has 7 aromatic carbocycles. The number of hydrogen-bond donors (Lipinski definition) is 0. The van der Waals surface area contributed by atoms with Gasteiger partial charge in [0.1, 0.15) is 0 Å². The molecule has 0 aliphatic heterocycles. The van der Waals surface area contributed by atoms with Crippen LogP contribution < -0.4 is 0 Å². The van der Waals surface area contributed by atoms with Crippen molar-refractivity contribution in [3.8, 4) is 50.8 Å². The van der Waals surface area contributed by atoms with E-state index in [9.17, 15) is 5.26 Å². The summed E-state index contributed by atoms with van der Waals surface area (Å²) in [5, 5.41) is 13.3. The molecular formula is C49H33N3. The van der Waals surface area contributed by atoms with Gasteiger partial charge >= 0.3 is 0 Å². The summed E-state index contributed by atoms with van der Waals surface area (Å²) >= 11 is 0. The first-order valence-corrected chi connectivity index (χ1v) is 17.9. The van der Waals surface area contributed by atoms with Gasteiger partial charge in [-0.2, -0.15) is 5.26 Å². The van der Waals surface area contributed by atoms with E-state index in [4.69, 9.17) is 0 Å². The summed E-state index contributed by atoms with van der Waals surface area (Å²) in [6.45, 7) is 0. The van der Waals surface area contributed by atoms with Crippen LogP contribution in [0.4, 0.5) is 0 Å². The molecule has 0 bridgehead atoms. The SMILES string of the molecule is N#Cc1cccc(-n2c3c(c4cc(-c5ccc6c(c5)c5ccccc5n6-c5ccc(-c6ccc(-c7ccccc7)cc6)cc5)ccc42)C=CCC3)c1. The molecule has 2 heterocycles. The molecule has 244 valence electrons. The zero-order valence-corrected chi connectivity index (χ0v) is 28.5. The van der Waals surface area contributed by atoms with Gasteiger partial charge < -0.3 is 9.13 Å². The summed E-state index contributed by atoms with van der Waals surface area (Å²) in [4.78, 5) is 0. The minimum absolute atomic E-state index is 0.674. The van der Waals surface area contributed by atoms with Gasteiger partial charge in [-0.05, 0) is 107 Å². The maximum absolute atomic E-state index is 9.60. The third-order valence-corrected chi connectivity index (χ3v) is 10.6. The Morgan fingerprint density at radius 1 is 0.442 bits per heavy atom. The van der Waals surface area contributed by atoms with Gasteiger partial charge in [0.25, 0.3) is 0 Å². The Bertz CT molecular complexity index is 2880. The first-order valence-electron chi connectivity index (χ1n) is 17.9. The molecule has 1 aliphatic rings. The number of rotatable bonds is 5. The Morgan fingerprint density at radius 3 is 1.77 bits per heavy atom. The smallest absolute Gasteiger partial charge is 0.0992 e. The van der Waals surface area contributed by atoms with E-state index in [1.54, 1.807) is 0 Å². The summed E-state index contributed by atoms with van der Waals surface area (Å²) in [7, 11) is 0. The second kappa shape index (κ2) is 12.2. The average molecular weight is 664 g/mol. The summed E-state index contributed by atoms with van der Waals surface area (Å²) in [6.07, 6.45) is 6.54. The molecule has 2 aromatic heterocycles. The highest BCUT2D eigenvalue weighted by Gasteiger charge is 2.20. The molecule has 0 fully saturated rings. The van der Waals surface area contributed by atoms with Crippen LogP contribution in [0.1, 0.15) is 23.2 Å². The number of hydrogen-bond acceptors (Lipinski definition) is 1. The summed E-state index contributed by atoms with van der Waals surface area (Å²) < 4.78 is 4.73. The second-order valence-electron chi connectivity index (χ2n) is 13.6. The molecule has 0 radical (unpaired) electrons. The van der Waals surface area contributed by atoms with Crippen molar-refractivity contribution in [1.82, 2.24) is 9.13 Å². The number of para-hydroxylation sites is 1. The molecule has 0 saturated heterocycles. The molecule has 10 rings (SSSR count). The number of allylic oxidation sites excluding steroid dienone is 1. The maximum atomic E-state index is 9.60. The van der Waals surface area contributed by atoms with Gasteiger partial charge in [-0.15, -0.1) is 0 Å². The number of fused-ring (bicyclic) bond motifs is 6. The lowest BCUT2D eigenvalue weighted by molar-refractivity contribution is 0.888. The van der Waals surface area contributed by atoms with Gasteiger partial charge in [0, 0.05) is 38.8 Å². The van der Waals surface area contributed by atoms with Crippen LogP contribution in [0.2, 0.25) is 0 Å². The highest BCUT2D eigenvalue weighted by atomic mass is 15.0. The van der Waals surface area contributed by atoms with Crippen LogP contribution in [0.25, 0.3) is 83.5 Å². The number of aromatic nitrogens is 2. The molecule has 0 amide bonds. The Kier molecular flexibility index (Phi) is 7.01. The van der Waals surface area contributed by atoms with E-state index < -0.39 is 0 Å². The van der Waals surface area contributed by atoms with Crippen molar-refractivity contribution in [1.29, 1.82) is 5.26 Å². The Morgan fingerprint density at radius 2 is 1.04 bits per heavy atom. The van der Waals surface area contributed by atoms with Gasteiger partial charge in [-0.3, -0.25) is 0 Å². The topological polar surface area (TPSA) is 33.6 Å². The van der Waals surface area contributed by atoms with Gasteiger partial charge in [0.05, 0.1) is 28.2 Å². The van der Waals surface area contributed by atoms with Crippen LogP contribution in [0.15, 0.2) is 170 Å². The van der Waals surface area contributed by atoms with Crippen LogP contribution in [-0.4, -0.2) is 9.13 Å². The minimum atomic E-state index is 0.674. The monoisotopic (exact) mass is 663 g/mol. The maximum Gasteiger partial charge on any atom is 0.0992 e. The Hall–Kier alpha value is -6.89. The molecule has 1 aliphatic carbocycles. The molecule has 0 saturated carbocycles. The van der Waals surface area contributed by atoms with Crippen molar-refractivity contribution < 1.29 is 0 Å². The first kappa shape index (κ1) is 30.0. The summed E-state index contributed by atoms with van der Waals surface area (Å²) in [5.74, 6) is 0. The van der Waals surface area contributed by atoms with Crippen molar-refractivity contribution in [3.63, 3.8) is 0 Å². The standard InChI is InChI=1S/C49H33N3/c50-32-33-9-8-12-41(29-33)52-47-16-7-5-14-43(47)45-31-39(24-28-49(45)52)38-23-27-48-44(30-38)42-13-4-6-15-46(42)51(48)40-25-21-37(22-26-40)36-19-17-35(18-20-36)34-10-2-1-3-11-34/h1-6,8-15,17-31H,7,16H2. The molecule has 9 aromatic rings. The Balaban J connectivity index is 1.04. The Labute approximate surface area is 302 Å². The third-order valence-electron chi connectivity index (χ3n) is 10.6. The van der Waals surface area contributed by atoms with Gasteiger partial charge in [-0.1, -0.05) is 115 Å². The number of nitriles is 1. The molecule has 52 heavy (non-hydrogen) atoms. The largest absolute Gasteiger partial charge is 0.313 e. The fourth-order valence-corrected chi connectivity index (χ4v) is 8.13. The van der Waals surface area contributed by atoms with E-state index >= 15 is 0 Å². The van der Waals surface area contributed by atoms with Gasteiger partial charge in [-0.25, -0.2) is 0 Å². The number of nitrogens with zero attached hydrogens (tertiary/aromatic N) is 3. The van der Waals surface area contributed by atoms with E-state index in [0.29, 0.717) is 5.56 Å². The minimum Gasteiger partial charge on any atom is -0.313 e. The van der Waals surface area contributed by atoms with Crippen LogP contribution >= 0.6 is 0 Å². The third kappa shape index (κ3) is 4.88. The van der Waals surface area contributed by atoms with Crippen LogP contribution in [0.5, 0.6) is 0 Å². The van der Waals surface area contributed by atoms with Crippen molar-refractivity contribution in [3.05, 3.63) is 187 Å². The highest BCUT2D eigenvalue weighted by molar-refractivity contribution is 6.10. The second-order valence-corrected chi connectivity index (χ2v) is 13.6. The van der Waals surface area contributed by atoms with Crippen LogP contribution in [-0.2, 0) is 6.42 Å². The van der Waals surface area contributed by atoms with Crippen molar-refractivity contribution in [2.45, 2.75) is 12.8 Å². The summed E-state index contributed by atoms with van der Waals surface area (Å²) in [5.41, 5.74) is 16.2. The van der Waals surface area contributed by atoms with Crippen molar-refractivity contribution >= 4 is 38.8 Å².